The number of likely N-dealkylation sites (N-methyl/N-ethyl adjacent to an activating group) is 1. The zero-order chi connectivity index (χ0) is 13.7. The molecule has 100 valence electrons. The summed E-state index contributed by atoms with van der Waals surface area (Å²) in [5.41, 5.74) is 1.57. The Morgan fingerprint density at radius 1 is 1.53 bits per heavy atom. The fraction of sp³-hybridized carbons (Fsp3) is 0.467. The Morgan fingerprint density at radius 3 is 3.00 bits per heavy atom. The zero-order valence-corrected chi connectivity index (χ0v) is 11.1. The summed E-state index contributed by atoms with van der Waals surface area (Å²) in [6.45, 7) is 1.34. The SMILES string of the molecule is CN(Cc1cccc(C#N)c1)C(=O)COCC1CC1. The summed E-state index contributed by atoms with van der Waals surface area (Å²) in [5.74, 6) is 0.647. The second-order valence-electron chi connectivity index (χ2n) is 5.02. The maximum absolute atomic E-state index is 11.8. The Bertz CT molecular complexity index is 489. The number of carbonyl (C=O) groups is 1. The summed E-state index contributed by atoms with van der Waals surface area (Å²) in [4.78, 5) is 13.5. The van der Waals surface area contributed by atoms with Gasteiger partial charge in [0.25, 0.3) is 0 Å². The van der Waals surface area contributed by atoms with Crippen LogP contribution in [-0.4, -0.2) is 31.1 Å². The van der Waals surface area contributed by atoms with Crippen LogP contribution in [0.15, 0.2) is 24.3 Å². The van der Waals surface area contributed by atoms with Gasteiger partial charge >= 0.3 is 0 Å². The van der Waals surface area contributed by atoms with Crippen LogP contribution in [0.2, 0.25) is 0 Å². The van der Waals surface area contributed by atoms with Crippen molar-refractivity contribution in [3.63, 3.8) is 0 Å². The van der Waals surface area contributed by atoms with Crippen molar-refractivity contribution in [2.45, 2.75) is 19.4 Å². The van der Waals surface area contributed by atoms with Crippen LogP contribution < -0.4 is 0 Å². The number of ether oxygens (including phenoxy) is 1. The summed E-state index contributed by atoms with van der Waals surface area (Å²) in [6, 6.07) is 9.39. The summed E-state index contributed by atoms with van der Waals surface area (Å²) in [5, 5.41) is 8.83. The molecular weight excluding hydrogens is 240 g/mol. The Hall–Kier alpha value is -1.86. The fourth-order valence-electron chi connectivity index (χ4n) is 1.81. The average molecular weight is 258 g/mol. The fourth-order valence-corrected chi connectivity index (χ4v) is 1.81. The topological polar surface area (TPSA) is 53.3 Å². The van der Waals surface area contributed by atoms with E-state index < -0.39 is 0 Å². The Morgan fingerprint density at radius 2 is 2.32 bits per heavy atom. The van der Waals surface area contributed by atoms with Crippen LogP contribution in [0.3, 0.4) is 0 Å². The number of amides is 1. The number of hydrogen-bond donors (Lipinski definition) is 0. The Labute approximate surface area is 113 Å². The summed E-state index contributed by atoms with van der Waals surface area (Å²) >= 11 is 0. The van der Waals surface area contributed by atoms with Crippen LogP contribution in [-0.2, 0) is 16.1 Å². The third kappa shape index (κ3) is 4.38. The minimum absolute atomic E-state index is 0.0250. The molecular formula is C15H18N2O2. The molecule has 1 fully saturated rings. The largest absolute Gasteiger partial charge is 0.371 e. The maximum Gasteiger partial charge on any atom is 0.248 e. The molecule has 1 saturated carbocycles. The van der Waals surface area contributed by atoms with E-state index in [1.165, 1.54) is 12.8 Å². The van der Waals surface area contributed by atoms with Gasteiger partial charge in [0.15, 0.2) is 0 Å². The van der Waals surface area contributed by atoms with Crippen molar-refractivity contribution in [2.75, 3.05) is 20.3 Å². The van der Waals surface area contributed by atoms with Crippen molar-refractivity contribution in [1.29, 1.82) is 5.26 Å². The molecule has 0 N–H and O–H groups in total. The molecule has 1 amide bonds. The smallest absolute Gasteiger partial charge is 0.248 e. The van der Waals surface area contributed by atoms with Crippen molar-refractivity contribution >= 4 is 5.91 Å². The molecule has 1 aromatic rings. The normalized spacial score (nSPS) is 13.9. The van der Waals surface area contributed by atoms with Crippen LogP contribution in [0.1, 0.15) is 24.0 Å². The van der Waals surface area contributed by atoms with E-state index in [4.69, 9.17) is 10.00 Å². The van der Waals surface area contributed by atoms with Gasteiger partial charge in [0, 0.05) is 13.6 Å². The number of hydrogen-bond acceptors (Lipinski definition) is 3. The van der Waals surface area contributed by atoms with Crippen LogP contribution in [0.5, 0.6) is 0 Å². The second-order valence-corrected chi connectivity index (χ2v) is 5.02. The van der Waals surface area contributed by atoms with Crippen molar-refractivity contribution in [3.05, 3.63) is 35.4 Å². The minimum Gasteiger partial charge on any atom is -0.371 e. The van der Waals surface area contributed by atoms with E-state index in [9.17, 15) is 4.79 Å². The number of carbonyl (C=O) groups excluding carboxylic acids is 1. The van der Waals surface area contributed by atoms with Crippen LogP contribution in [0.4, 0.5) is 0 Å². The van der Waals surface area contributed by atoms with E-state index >= 15 is 0 Å². The highest BCUT2D eigenvalue weighted by Crippen LogP contribution is 2.28. The predicted molar refractivity (Wildman–Crippen MR) is 71.2 cm³/mol. The summed E-state index contributed by atoms with van der Waals surface area (Å²) < 4.78 is 5.38. The van der Waals surface area contributed by atoms with Crippen molar-refractivity contribution < 1.29 is 9.53 Å². The number of nitriles is 1. The Balaban J connectivity index is 1.79. The lowest BCUT2D eigenvalue weighted by atomic mass is 10.1. The third-order valence-corrected chi connectivity index (χ3v) is 3.18. The molecule has 19 heavy (non-hydrogen) atoms. The predicted octanol–water partition coefficient (Wildman–Crippen LogP) is 1.94. The third-order valence-electron chi connectivity index (χ3n) is 3.18. The van der Waals surface area contributed by atoms with Gasteiger partial charge in [-0.2, -0.15) is 5.26 Å². The molecule has 1 aliphatic carbocycles. The first-order chi connectivity index (χ1) is 9.19. The quantitative estimate of drug-likeness (QED) is 0.783. The molecule has 0 bridgehead atoms. The van der Waals surface area contributed by atoms with E-state index in [1.807, 2.05) is 12.1 Å². The molecule has 0 atom stereocenters. The van der Waals surface area contributed by atoms with Gasteiger partial charge in [0.2, 0.25) is 5.91 Å². The second kappa shape index (κ2) is 6.35. The maximum atomic E-state index is 11.8. The first-order valence-electron chi connectivity index (χ1n) is 6.50. The molecule has 0 saturated heterocycles. The summed E-state index contributed by atoms with van der Waals surface area (Å²) in [7, 11) is 1.75. The molecule has 1 aromatic carbocycles. The molecule has 0 spiro atoms. The number of benzene rings is 1. The molecule has 1 aliphatic rings. The van der Waals surface area contributed by atoms with E-state index in [0.29, 0.717) is 24.6 Å². The highest BCUT2D eigenvalue weighted by Gasteiger charge is 2.21. The highest BCUT2D eigenvalue weighted by atomic mass is 16.5. The van der Waals surface area contributed by atoms with Gasteiger partial charge in [0.1, 0.15) is 6.61 Å². The first kappa shape index (κ1) is 13.6. The highest BCUT2D eigenvalue weighted by molar-refractivity contribution is 5.77. The van der Waals surface area contributed by atoms with Gasteiger partial charge in [-0.15, -0.1) is 0 Å². The van der Waals surface area contributed by atoms with Crippen molar-refractivity contribution in [3.8, 4) is 6.07 Å². The average Bonchev–Trinajstić information content (AvgIpc) is 3.23. The van der Waals surface area contributed by atoms with Gasteiger partial charge in [0.05, 0.1) is 18.2 Å². The number of nitrogens with zero attached hydrogens (tertiary/aromatic N) is 2. The summed E-state index contributed by atoms with van der Waals surface area (Å²) in [6.07, 6.45) is 2.45. The van der Waals surface area contributed by atoms with E-state index in [0.717, 1.165) is 5.56 Å². The van der Waals surface area contributed by atoms with Gasteiger partial charge in [-0.1, -0.05) is 12.1 Å². The van der Waals surface area contributed by atoms with Gasteiger partial charge in [-0.3, -0.25) is 4.79 Å². The first-order valence-corrected chi connectivity index (χ1v) is 6.50. The van der Waals surface area contributed by atoms with E-state index in [2.05, 4.69) is 6.07 Å². The molecule has 0 aliphatic heterocycles. The lowest BCUT2D eigenvalue weighted by Gasteiger charge is -2.17. The molecule has 0 aromatic heterocycles. The van der Waals surface area contributed by atoms with Gasteiger partial charge in [-0.05, 0) is 36.5 Å². The molecule has 2 rings (SSSR count). The lowest BCUT2D eigenvalue weighted by molar-refractivity contribution is -0.135. The lowest BCUT2D eigenvalue weighted by Crippen LogP contribution is -2.30. The van der Waals surface area contributed by atoms with E-state index in [1.54, 1.807) is 24.1 Å². The molecule has 4 heteroatoms. The zero-order valence-electron chi connectivity index (χ0n) is 11.1. The molecule has 4 nitrogen and oxygen atoms in total. The minimum atomic E-state index is -0.0250. The molecule has 0 unspecified atom stereocenters. The van der Waals surface area contributed by atoms with Crippen LogP contribution in [0, 0.1) is 17.2 Å². The van der Waals surface area contributed by atoms with E-state index in [-0.39, 0.29) is 12.5 Å². The van der Waals surface area contributed by atoms with Gasteiger partial charge < -0.3 is 9.64 Å². The standard InChI is InChI=1S/C15H18N2O2/c1-17(15(18)11-19-10-12-5-6-12)9-14-4-2-3-13(7-14)8-16/h2-4,7,12H,5-6,9-11H2,1H3. The van der Waals surface area contributed by atoms with Crippen molar-refractivity contribution in [2.24, 2.45) is 5.92 Å². The van der Waals surface area contributed by atoms with Gasteiger partial charge in [-0.25, -0.2) is 0 Å². The number of rotatable bonds is 6. The van der Waals surface area contributed by atoms with Crippen LogP contribution in [0.25, 0.3) is 0 Å². The monoisotopic (exact) mass is 258 g/mol. The van der Waals surface area contributed by atoms with Crippen LogP contribution >= 0.6 is 0 Å². The van der Waals surface area contributed by atoms with Crippen molar-refractivity contribution in [1.82, 2.24) is 4.90 Å². The Kier molecular flexibility index (Phi) is 4.53. The molecule has 0 heterocycles. The molecule has 0 radical (unpaired) electrons.